The van der Waals surface area contributed by atoms with Gasteiger partial charge < -0.3 is 9.67 Å². The number of benzene rings is 1. The zero-order valence-electron chi connectivity index (χ0n) is 13.0. The van der Waals surface area contributed by atoms with Crippen LogP contribution in [0.1, 0.15) is 39.1 Å². The van der Waals surface area contributed by atoms with Crippen molar-refractivity contribution in [3.8, 4) is 0 Å². The van der Waals surface area contributed by atoms with Gasteiger partial charge in [0.05, 0.1) is 17.1 Å². The van der Waals surface area contributed by atoms with Gasteiger partial charge in [-0.2, -0.15) is 0 Å². The minimum absolute atomic E-state index is 0.139. The first-order valence-electron chi connectivity index (χ1n) is 7.62. The lowest BCUT2D eigenvalue weighted by molar-refractivity contribution is 0.219. The van der Waals surface area contributed by atoms with Gasteiger partial charge in [0.1, 0.15) is 11.6 Å². The summed E-state index contributed by atoms with van der Waals surface area (Å²) in [5, 5.41) is 9.11. The van der Waals surface area contributed by atoms with Crippen LogP contribution in [0.2, 0.25) is 0 Å². The van der Waals surface area contributed by atoms with E-state index >= 15 is 0 Å². The first kappa shape index (κ1) is 15.9. The molecule has 4 nitrogen and oxygen atoms in total. The highest BCUT2D eigenvalue weighted by Crippen LogP contribution is 2.25. The molecule has 21 heavy (non-hydrogen) atoms. The smallest absolute Gasteiger partial charge is 0.127 e. The van der Waals surface area contributed by atoms with Gasteiger partial charge in [0, 0.05) is 19.2 Å². The zero-order valence-corrected chi connectivity index (χ0v) is 13.0. The second-order valence-corrected chi connectivity index (χ2v) is 5.23. The maximum Gasteiger partial charge on any atom is 0.127 e. The Morgan fingerprint density at radius 3 is 2.67 bits per heavy atom. The second-order valence-electron chi connectivity index (χ2n) is 5.23. The molecule has 2 rings (SSSR count). The normalized spacial score (nSPS) is 13.2. The fourth-order valence-corrected chi connectivity index (χ4v) is 2.84. The molecule has 0 fully saturated rings. The number of halogens is 1. The SMILES string of the molecule is CCN(CC)C(C)c1nc2cc(F)ccc2n1CCCO. The van der Waals surface area contributed by atoms with Gasteiger partial charge in [0.25, 0.3) is 0 Å². The monoisotopic (exact) mass is 293 g/mol. The summed E-state index contributed by atoms with van der Waals surface area (Å²) in [6.07, 6.45) is 0.667. The van der Waals surface area contributed by atoms with Crippen LogP contribution in [0, 0.1) is 5.82 Å². The maximum atomic E-state index is 13.4. The van der Waals surface area contributed by atoms with E-state index in [1.807, 2.05) is 0 Å². The molecule has 0 amide bonds. The number of hydrogen-bond acceptors (Lipinski definition) is 3. The largest absolute Gasteiger partial charge is 0.396 e. The van der Waals surface area contributed by atoms with Crippen LogP contribution < -0.4 is 0 Å². The van der Waals surface area contributed by atoms with Gasteiger partial charge >= 0.3 is 0 Å². The third-order valence-electron chi connectivity index (χ3n) is 4.01. The molecule has 0 saturated heterocycles. The lowest BCUT2D eigenvalue weighted by Crippen LogP contribution is -2.28. The van der Waals surface area contributed by atoms with E-state index in [9.17, 15) is 4.39 Å². The fraction of sp³-hybridized carbons (Fsp3) is 0.562. The molecule has 0 radical (unpaired) electrons. The molecule has 1 aromatic carbocycles. The summed E-state index contributed by atoms with van der Waals surface area (Å²) in [5.41, 5.74) is 1.61. The topological polar surface area (TPSA) is 41.3 Å². The number of imidazole rings is 1. The number of aliphatic hydroxyl groups excluding tert-OH is 1. The lowest BCUT2D eigenvalue weighted by Gasteiger charge is -2.26. The van der Waals surface area contributed by atoms with Crippen LogP contribution in [0.5, 0.6) is 0 Å². The quantitative estimate of drug-likeness (QED) is 0.853. The summed E-state index contributed by atoms with van der Waals surface area (Å²) in [4.78, 5) is 6.96. The van der Waals surface area contributed by atoms with E-state index in [1.165, 1.54) is 12.1 Å². The number of hydrogen-bond donors (Lipinski definition) is 1. The zero-order chi connectivity index (χ0) is 15.4. The Labute approximate surface area is 125 Å². The van der Waals surface area contributed by atoms with Gasteiger partial charge in [0.15, 0.2) is 0 Å². The van der Waals surface area contributed by atoms with Crippen LogP contribution in [-0.4, -0.2) is 39.3 Å². The molecular formula is C16H24FN3O. The summed E-state index contributed by atoms with van der Waals surface area (Å²) >= 11 is 0. The van der Waals surface area contributed by atoms with Crippen LogP contribution in [0.4, 0.5) is 4.39 Å². The third kappa shape index (κ3) is 3.24. The van der Waals surface area contributed by atoms with Crippen LogP contribution in [0.3, 0.4) is 0 Å². The maximum absolute atomic E-state index is 13.4. The number of aryl methyl sites for hydroxylation is 1. The standard InChI is InChI=1S/C16H24FN3O/c1-4-19(5-2)12(3)16-18-14-11-13(17)7-8-15(14)20(16)9-6-10-21/h7-8,11-12,21H,4-6,9-10H2,1-3H3. The van der Waals surface area contributed by atoms with Crippen molar-refractivity contribution in [3.05, 3.63) is 29.8 Å². The van der Waals surface area contributed by atoms with Gasteiger partial charge in [-0.15, -0.1) is 0 Å². The predicted molar refractivity (Wildman–Crippen MR) is 82.7 cm³/mol. The third-order valence-corrected chi connectivity index (χ3v) is 4.01. The second kappa shape index (κ2) is 7.00. The van der Waals surface area contributed by atoms with Crippen molar-refractivity contribution >= 4 is 11.0 Å². The molecule has 5 heteroatoms. The average Bonchev–Trinajstić information content (AvgIpc) is 2.83. The van der Waals surface area contributed by atoms with Gasteiger partial charge in [0.2, 0.25) is 0 Å². The van der Waals surface area contributed by atoms with Gasteiger partial charge in [-0.05, 0) is 38.6 Å². The molecule has 0 aliphatic carbocycles. The van der Waals surface area contributed by atoms with Gasteiger partial charge in [-0.3, -0.25) is 4.90 Å². The molecule has 0 saturated carbocycles. The Morgan fingerprint density at radius 1 is 1.33 bits per heavy atom. The highest BCUT2D eigenvalue weighted by molar-refractivity contribution is 5.76. The predicted octanol–water partition coefficient (Wildman–Crippen LogP) is 2.96. The Kier molecular flexibility index (Phi) is 5.31. The average molecular weight is 293 g/mol. The van der Waals surface area contributed by atoms with Crippen molar-refractivity contribution in [2.45, 2.75) is 39.8 Å². The number of nitrogens with zero attached hydrogens (tertiary/aromatic N) is 3. The van der Waals surface area contributed by atoms with Crippen LogP contribution in [-0.2, 0) is 6.54 Å². The lowest BCUT2D eigenvalue weighted by atomic mass is 10.2. The summed E-state index contributed by atoms with van der Waals surface area (Å²) in [7, 11) is 0. The Hall–Kier alpha value is -1.46. The molecule has 0 aliphatic heterocycles. The molecule has 1 heterocycles. The minimum atomic E-state index is -0.267. The summed E-state index contributed by atoms with van der Waals surface area (Å²) < 4.78 is 15.5. The molecule has 2 aromatic rings. The first-order chi connectivity index (χ1) is 10.1. The number of aliphatic hydroxyl groups is 1. The van der Waals surface area contributed by atoms with E-state index in [1.54, 1.807) is 6.07 Å². The van der Waals surface area contributed by atoms with E-state index in [4.69, 9.17) is 5.11 Å². The van der Waals surface area contributed by atoms with E-state index < -0.39 is 0 Å². The first-order valence-corrected chi connectivity index (χ1v) is 7.62. The molecule has 1 atom stereocenters. The van der Waals surface area contributed by atoms with Crippen molar-refractivity contribution in [1.82, 2.24) is 14.5 Å². The van der Waals surface area contributed by atoms with Crippen molar-refractivity contribution in [2.24, 2.45) is 0 Å². The number of aromatic nitrogens is 2. The highest BCUT2D eigenvalue weighted by atomic mass is 19.1. The van der Waals surface area contributed by atoms with E-state index in [2.05, 4.69) is 35.2 Å². The van der Waals surface area contributed by atoms with Crippen molar-refractivity contribution in [3.63, 3.8) is 0 Å². The Morgan fingerprint density at radius 2 is 2.05 bits per heavy atom. The molecule has 1 N–H and O–H groups in total. The summed E-state index contributed by atoms with van der Waals surface area (Å²) in [6.45, 7) is 9.09. The molecule has 0 aliphatic rings. The van der Waals surface area contributed by atoms with Crippen LogP contribution >= 0.6 is 0 Å². The molecule has 0 bridgehead atoms. The minimum Gasteiger partial charge on any atom is -0.396 e. The highest BCUT2D eigenvalue weighted by Gasteiger charge is 2.20. The fourth-order valence-electron chi connectivity index (χ4n) is 2.84. The summed E-state index contributed by atoms with van der Waals surface area (Å²) in [5.74, 6) is 0.670. The molecule has 1 unspecified atom stereocenters. The van der Waals surface area contributed by atoms with E-state index in [0.717, 1.165) is 24.4 Å². The molecule has 0 spiro atoms. The van der Waals surface area contributed by atoms with Crippen molar-refractivity contribution in [2.75, 3.05) is 19.7 Å². The van der Waals surface area contributed by atoms with Crippen molar-refractivity contribution < 1.29 is 9.50 Å². The summed E-state index contributed by atoms with van der Waals surface area (Å²) in [6, 6.07) is 4.87. The van der Waals surface area contributed by atoms with Crippen LogP contribution in [0.25, 0.3) is 11.0 Å². The van der Waals surface area contributed by atoms with E-state index in [0.29, 0.717) is 18.5 Å². The Balaban J connectivity index is 2.49. The van der Waals surface area contributed by atoms with E-state index in [-0.39, 0.29) is 18.5 Å². The Bertz CT molecular complexity index is 592. The van der Waals surface area contributed by atoms with Crippen molar-refractivity contribution in [1.29, 1.82) is 0 Å². The number of rotatable bonds is 7. The molecule has 116 valence electrons. The van der Waals surface area contributed by atoms with Gasteiger partial charge in [-0.1, -0.05) is 13.8 Å². The molecule has 1 aromatic heterocycles. The van der Waals surface area contributed by atoms with Crippen LogP contribution in [0.15, 0.2) is 18.2 Å². The molecular weight excluding hydrogens is 269 g/mol. The number of fused-ring (bicyclic) bond motifs is 1. The van der Waals surface area contributed by atoms with Gasteiger partial charge in [-0.25, -0.2) is 9.37 Å².